The number of nitrogens with one attached hydrogen (secondary N) is 1. The van der Waals surface area contributed by atoms with Crippen LogP contribution < -0.4 is 10.1 Å². The third-order valence-corrected chi connectivity index (χ3v) is 5.25. The zero-order valence-electron chi connectivity index (χ0n) is 17.1. The Balaban J connectivity index is 1.45. The summed E-state index contributed by atoms with van der Waals surface area (Å²) in [6, 6.07) is 9.76. The monoisotopic (exact) mass is 392 g/mol. The van der Waals surface area contributed by atoms with Crippen LogP contribution >= 0.6 is 0 Å². The van der Waals surface area contributed by atoms with Gasteiger partial charge in [0.05, 0.1) is 19.0 Å². The smallest absolute Gasteiger partial charge is 0.242 e. The first-order valence-electron chi connectivity index (χ1n) is 9.59. The number of methoxy groups -OCH3 is 1. The summed E-state index contributed by atoms with van der Waals surface area (Å²) in [5.74, 6) is 1.28. The Morgan fingerprint density at radius 2 is 2.07 bits per heavy atom. The van der Waals surface area contributed by atoms with Gasteiger partial charge in [0.15, 0.2) is 5.65 Å². The van der Waals surface area contributed by atoms with E-state index in [4.69, 9.17) is 9.15 Å². The van der Waals surface area contributed by atoms with Gasteiger partial charge in [-0.3, -0.25) is 4.79 Å². The molecule has 7 nitrogen and oxygen atoms in total. The number of pyridine rings is 1. The molecule has 1 N–H and O–H groups in total. The first-order chi connectivity index (χ1) is 14.0. The Labute approximate surface area is 168 Å². The van der Waals surface area contributed by atoms with Crippen molar-refractivity contribution in [2.24, 2.45) is 7.05 Å². The molecule has 0 unspecified atom stereocenters. The van der Waals surface area contributed by atoms with Gasteiger partial charge in [0, 0.05) is 24.5 Å². The van der Waals surface area contributed by atoms with Gasteiger partial charge in [0.25, 0.3) is 0 Å². The summed E-state index contributed by atoms with van der Waals surface area (Å²) in [6.45, 7) is 4.37. The average Bonchev–Trinajstić information content (AvgIpc) is 3.26. The minimum Gasteiger partial charge on any atom is -0.479 e. The van der Waals surface area contributed by atoms with E-state index in [1.54, 1.807) is 11.8 Å². The number of aromatic nitrogens is 3. The van der Waals surface area contributed by atoms with Crippen LogP contribution in [0.25, 0.3) is 22.0 Å². The molecular formula is C22H24N4O3. The number of carbonyl (C=O) groups excluding carboxylic acids is 1. The number of amides is 1. The molecule has 150 valence electrons. The van der Waals surface area contributed by atoms with Crippen LogP contribution in [0.15, 0.2) is 34.7 Å². The number of hydrogen-bond donors (Lipinski definition) is 1. The number of ether oxygens (including phenoxy) is 1. The molecule has 0 atom stereocenters. The molecule has 0 saturated carbocycles. The second-order valence-electron chi connectivity index (χ2n) is 7.16. The van der Waals surface area contributed by atoms with Crippen LogP contribution in [0.2, 0.25) is 0 Å². The molecule has 1 aromatic carbocycles. The highest BCUT2D eigenvalue weighted by atomic mass is 16.5. The topological polar surface area (TPSA) is 82.2 Å². The van der Waals surface area contributed by atoms with Crippen molar-refractivity contribution >= 4 is 27.9 Å². The first-order valence-corrected chi connectivity index (χ1v) is 9.59. The van der Waals surface area contributed by atoms with Gasteiger partial charge in [-0.2, -0.15) is 0 Å². The fraction of sp³-hybridized carbons (Fsp3) is 0.318. The molecular weight excluding hydrogens is 368 g/mol. The predicted octanol–water partition coefficient (Wildman–Crippen LogP) is 3.59. The minimum absolute atomic E-state index is 0.0255. The lowest BCUT2D eigenvalue weighted by atomic mass is 10.00. The Morgan fingerprint density at radius 3 is 2.83 bits per heavy atom. The molecule has 0 aliphatic rings. The predicted molar refractivity (Wildman–Crippen MR) is 111 cm³/mol. The fourth-order valence-electron chi connectivity index (χ4n) is 3.74. The standard InChI is InChI=1S/C22H24N4O3/c1-13-17(14(2)24-21-20(13)22(28-4)25-26(21)3)9-10-19(27)23-12-16-11-15-7-5-6-8-18(15)29-16/h5-8,11H,9-10,12H2,1-4H3,(H,23,27). The van der Waals surface area contributed by atoms with E-state index >= 15 is 0 Å². The Hall–Kier alpha value is -3.35. The molecule has 0 aliphatic carbocycles. The van der Waals surface area contributed by atoms with Crippen LogP contribution in [-0.4, -0.2) is 27.8 Å². The maximum absolute atomic E-state index is 12.4. The van der Waals surface area contributed by atoms with E-state index in [0.29, 0.717) is 25.3 Å². The lowest BCUT2D eigenvalue weighted by Crippen LogP contribution is -2.23. The number of hydrogen-bond acceptors (Lipinski definition) is 5. The Morgan fingerprint density at radius 1 is 1.28 bits per heavy atom. The second kappa shape index (κ2) is 7.58. The van der Waals surface area contributed by atoms with Crippen molar-refractivity contribution < 1.29 is 13.9 Å². The van der Waals surface area contributed by atoms with Crippen LogP contribution in [0.4, 0.5) is 0 Å². The summed E-state index contributed by atoms with van der Waals surface area (Å²) >= 11 is 0. The average molecular weight is 392 g/mol. The number of para-hydroxylation sites is 1. The largest absolute Gasteiger partial charge is 0.479 e. The molecule has 4 aromatic rings. The van der Waals surface area contributed by atoms with Crippen LogP contribution in [0.5, 0.6) is 5.88 Å². The van der Waals surface area contributed by atoms with E-state index in [0.717, 1.165) is 44.6 Å². The number of aryl methyl sites for hydroxylation is 3. The van der Waals surface area contributed by atoms with Gasteiger partial charge in [-0.15, -0.1) is 5.10 Å². The van der Waals surface area contributed by atoms with Crippen molar-refractivity contribution in [3.05, 3.63) is 52.9 Å². The lowest BCUT2D eigenvalue weighted by Gasteiger charge is -2.11. The van der Waals surface area contributed by atoms with Crippen molar-refractivity contribution in [1.29, 1.82) is 0 Å². The number of rotatable bonds is 6. The van der Waals surface area contributed by atoms with Gasteiger partial charge in [0.1, 0.15) is 11.3 Å². The van der Waals surface area contributed by atoms with E-state index in [2.05, 4.69) is 15.4 Å². The SMILES string of the molecule is COc1nn(C)c2nc(C)c(CCC(=O)NCc3cc4ccccc4o3)c(C)c12. The number of nitrogens with zero attached hydrogens (tertiary/aromatic N) is 3. The number of furan rings is 1. The van der Waals surface area contributed by atoms with Crippen molar-refractivity contribution in [2.45, 2.75) is 33.2 Å². The summed E-state index contributed by atoms with van der Waals surface area (Å²) in [5, 5.41) is 9.24. The summed E-state index contributed by atoms with van der Waals surface area (Å²) in [6.07, 6.45) is 0.974. The van der Waals surface area contributed by atoms with Crippen molar-refractivity contribution in [2.75, 3.05) is 7.11 Å². The van der Waals surface area contributed by atoms with Crippen LogP contribution in [-0.2, 0) is 24.8 Å². The third-order valence-electron chi connectivity index (χ3n) is 5.25. The van der Waals surface area contributed by atoms with Gasteiger partial charge in [-0.05, 0) is 43.5 Å². The van der Waals surface area contributed by atoms with Crippen LogP contribution in [0.3, 0.4) is 0 Å². The number of benzene rings is 1. The van der Waals surface area contributed by atoms with Crippen molar-refractivity contribution in [3.8, 4) is 5.88 Å². The summed E-state index contributed by atoms with van der Waals surface area (Å²) < 4.78 is 12.9. The molecule has 3 heterocycles. The van der Waals surface area contributed by atoms with Crippen molar-refractivity contribution in [1.82, 2.24) is 20.1 Å². The minimum atomic E-state index is -0.0255. The lowest BCUT2D eigenvalue weighted by molar-refractivity contribution is -0.121. The Kier molecular flexibility index (Phi) is 4.96. The zero-order valence-corrected chi connectivity index (χ0v) is 17.1. The summed E-state index contributed by atoms with van der Waals surface area (Å²) in [5.41, 5.74) is 4.64. The molecule has 3 aromatic heterocycles. The van der Waals surface area contributed by atoms with Crippen LogP contribution in [0, 0.1) is 13.8 Å². The molecule has 1 amide bonds. The van der Waals surface area contributed by atoms with Gasteiger partial charge in [0.2, 0.25) is 11.8 Å². The summed E-state index contributed by atoms with van der Waals surface area (Å²) in [4.78, 5) is 17.1. The molecule has 29 heavy (non-hydrogen) atoms. The van der Waals surface area contributed by atoms with Gasteiger partial charge in [-0.25, -0.2) is 9.67 Å². The van der Waals surface area contributed by atoms with Crippen LogP contribution in [0.1, 0.15) is 29.0 Å². The van der Waals surface area contributed by atoms with Crippen molar-refractivity contribution in [3.63, 3.8) is 0 Å². The third kappa shape index (κ3) is 3.55. The maximum atomic E-state index is 12.4. The quantitative estimate of drug-likeness (QED) is 0.542. The highest BCUT2D eigenvalue weighted by Gasteiger charge is 2.18. The Bertz CT molecular complexity index is 1170. The zero-order chi connectivity index (χ0) is 20.5. The molecule has 0 radical (unpaired) electrons. The summed E-state index contributed by atoms with van der Waals surface area (Å²) in [7, 11) is 3.45. The fourth-order valence-corrected chi connectivity index (χ4v) is 3.74. The van der Waals surface area contributed by atoms with E-state index in [1.807, 2.05) is 51.2 Å². The highest BCUT2D eigenvalue weighted by molar-refractivity contribution is 5.86. The molecule has 0 spiro atoms. The van der Waals surface area contributed by atoms with Gasteiger partial charge >= 0.3 is 0 Å². The molecule has 0 saturated heterocycles. The number of fused-ring (bicyclic) bond motifs is 2. The molecule has 0 bridgehead atoms. The van der Waals surface area contributed by atoms with E-state index in [9.17, 15) is 4.79 Å². The normalized spacial score (nSPS) is 11.3. The molecule has 0 aliphatic heterocycles. The molecule has 4 rings (SSSR count). The molecule has 0 fully saturated rings. The van der Waals surface area contributed by atoms with E-state index in [-0.39, 0.29) is 5.91 Å². The molecule has 7 heteroatoms. The highest BCUT2D eigenvalue weighted by Crippen LogP contribution is 2.30. The second-order valence-corrected chi connectivity index (χ2v) is 7.16. The number of carbonyl (C=O) groups is 1. The first kappa shape index (κ1) is 19.0. The van der Waals surface area contributed by atoms with E-state index in [1.165, 1.54) is 0 Å². The van der Waals surface area contributed by atoms with Gasteiger partial charge in [-0.1, -0.05) is 18.2 Å². The van der Waals surface area contributed by atoms with E-state index < -0.39 is 0 Å². The van der Waals surface area contributed by atoms with Gasteiger partial charge < -0.3 is 14.5 Å². The maximum Gasteiger partial charge on any atom is 0.242 e.